The number of fused-ring (bicyclic) bond motifs is 10. The number of Topliss-reactive ketones (excluding diaryl/α,β-unsaturated/α-hetero) is 1. The Labute approximate surface area is 439 Å². The van der Waals surface area contributed by atoms with E-state index in [0.29, 0.717) is 39.3 Å². The number of hydrogen-bond donors (Lipinski definition) is 2. The number of carbonyl (C=O) groups is 1. The maximum atomic E-state index is 12.3. The molecule has 0 aromatic carbocycles. The fraction of sp³-hybridized carbons (Fsp3) is 0.980. The predicted octanol–water partition coefficient (Wildman–Crippen LogP) is 10.2. The molecular formula is C49H84B8ClI2O5. The molecule has 1 saturated heterocycles. The van der Waals surface area contributed by atoms with Gasteiger partial charge in [-0.2, -0.15) is 22.4 Å². The minimum absolute atomic E-state index is 0. The van der Waals surface area contributed by atoms with Crippen LogP contribution in [0.4, 0.5) is 0 Å². The van der Waals surface area contributed by atoms with Gasteiger partial charge in [-0.05, 0) is 216 Å². The van der Waals surface area contributed by atoms with E-state index in [0.717, 1.165) is 80.8 Å². The Morgan fingerprint density at radius 1 is 0.615 bits per heavy atom. The highest BCUT2D eigenvalue weighted by atomic mass is 127. The number of carbonyl (C=O) groups excluding carboxylic acids is 1. The van der Waals surface area contributed by atoms with Gasteiger partial charge in [0.25, 0.3) is 0 Å². The van der Waals surface area contributed by atoms with Crippen molar-refractivity contribution >= 4 is 118 Å². The second-order valence-electron chi connectivity index (χ2n) is 25.6. The lowest BCUT2D eigenvalue weighted by Gasteiger charge is -2.66. The summed E-state index contributed by atoms with van der Waals surface area (Å²) >= 11 is 4.22. The van der Waals surface area contributed by atoms with Crippen LogP contribution in [0.2, 0.25) is 0 Å². The Morgan fingerprint density at radius 2 is 1.05 bits per heavy atom. The molecule has 16 atom stereocenters. The summed E-state index contributed by atoms with van der Waals surface area (Å²) in [4.78, 5) is 14.2. The zero-order valence-electron chi connectivity index (χ0n) is 42.7. The number of ketones is 1. The Hall–Kier alpha value is 1.78. The molecule has 1 heterocycles. The van der Waals surface area contributed by atoms with Crippen molar-refractivity contribution in [3.05, 3.63) is 0 Å². The number of alkyl halides is 1. The molecule has 9 fully saturated rings. The van der Waals surface area contributed by atoms with Crippen LogP contribution < -0.4 is 0 Å². The molecule has 16 heteroatoms. The molecule has 355 valence electrons. The van der Waals surface area contributed by atoms with Crippen LogP contribution >= 0.6 is 57.4 Å². The molecule has 8 saturated carbocycles. The van der Waals surface area contributed by atoms with Gasteiger partial charge in [0.2, 0.25) is 0 Å². The number of rotatable bonds is 5. The highest BCUT2D eigenvalue weighted by molar-refractivity contribution is 14.1. The third kappa shape index (κ3) is 10.4. The molecule has 0 bridgehead atoms. The van der Waals surface area contributed by atoms with E-state index in [2.05, 4.69) is 107 Å². The first-order chi connectivity index (χ1) is 29.6. The lowest BCUT2D eigenvalue weighted by atomic mass is 8.77. The Balaban J connectivity index is 0.000000198. The van der Waals surface area contributed by atoms with Crippen LogP contribution in [0.5, 0.6) is 0 Å². The number of aliphatic hydroxyl groups is 2. The van der Waals surface area contributed by atoms with E-state index in [4.69, 9.17) is 40.4 Å². The Bertz CT molecular complexity index is 1650. The average Bonchev–Trinajstić information content (AvgIpc) is 3.94. The van der Waals surface area contributed by atoms with Gasteiger partial charge in [-0.3, -0.25) is 4.79 Å². The van der Waals surface area contributed by atoms with Crippen molar-refractivity contribution in [3.63, 3.8) is 0 Å². The maximum absolute atomic E-state index is 12.3. The summed E-state index contributed by atoms with van der Waals surface area (Å²) in [5.74, 6) is 5.81. The van der Waals surface area contributed by atoms with Crippen LogP contribution in [0.15, 0.2) is 0 Å². The molecule has 8 aliphatic carbocycles. The van der Waals surface area contributed by atoms with Crippen molar-refractivity contribution < 1.29 is 24.5 Å². The summed E-state index contributed by atoms with van der Waals surface area (Å²) in [7, 11) is 22.7. The molecule has 0 spiro atoms. The summed E-state index contributed by atoms with van der Waals surface area (Å²) in [6, 6.07) is 0. The molecule has 0 unspecified atom stereocenters. The van der Waals surface area contributed by atoms with Crippen LogP contribution in [0.1, 0.15) is 185 Å². The zero-order chi connectivity index (χ0) is 47.7. The first kappa shape index (κ1) is 57.7. The van der Waals surface area contributed by atoms with Crippen LogP contribution in [-0.4, -0.2) is 106 Å². The molecule has 9 radical (unpaired) electrons. The molecule has 9 rings (SSSR count). The smallest absolute Gasteiger partial charge is 0.169 e. The fourth-order valence-electron chi connectivity index (χ4n) is 18.5. The van der Waals surface area contributed by atoms with Gasteiger partial charge in [-0.1, -0.05) is 64.1 Å². The lowest BCUT2D eigenvalue weighted by Crippen LogP contribution is -2.60. The van der Waals surface area contributed by atoms with E-state index < -0.39 is 17.6 Å². The molecule has 0 aromatic rings. The van der Waals surface area contributed by atoms with E-state index >= 15 is 0 Å². The standard InChI is InChI=1S/C25H42O3.C23H38O2.CH3I.B8I.ClH/c1-21-10-8-17-18-6-7-20(25(5)27-14-15-28-25)23(18,3)11-9-19(17)24(21,4)13-12-22(2,26)16-21;1-15(24)17-6-7-18-16-8-10-20(2)14-21(3,25)12-13-23(20,5)19(16)9-11-22(17,18)4;1-2;1-5-7(4)8(9)6(2)3;/h17-20,26H,6-16H2,1-5H3;16-19,25H,6-14H2,1-5H3;1H3;;1H/t17-,18-,19-,20-,21+,22-,23-,24+;16-,17+,18-,19-,20+,21-,22+,23+;;;/m00.../s1. The largest absolute Gasteiger partial charge is 0.390 e. The van der Waals surface area contributed by atoms with Gasteiger partial charge in [0, 0.05) is 62.6 Å². The van der Waals surface area contributed by atoms with E-state index in [1.807, 2.05) is 11.9 Å². The SMILES string of the molecule is CC(=O)[C@H]1CC[C@H]2[C@@H]3CC[C@]4(C)C[C@@](C)(O)CC[C@]4(C)[C@H]3CC[C@]12C.CC1([C@H]2CC[C@H]3[C@@H]4CC[C@]5(C)C[C@@](C)(O)CC[C@]5(C)[C@H]4CC[C@]23C)OCCO1.CI.Cl.[B][B]B([B])B(I)B([B])[B]. The first-order valence-electron chi connectivity index (χ1n) is 25.7. The summed E-state index contributed by atoms with van der Waals surface area (Å²) in [5.41, 5.74) is 1.02. The van der Waals surface area contributed by atoms with Gasteiger partial charge < -0.3 is 19.7 Å². The topological polar surface area (TPSA) is 76.0 Å². The van der Waals surface area contributed by atoms with Gasteiger partial charge in [-0.25, -0.2) is 0 Å². The molecular weight excluding hydrogens is 1040 g/mol. The minimum atomic E-state index is -0.475. The molecule has 0 amide bonds. The van der Waals surface area contributed by atoms with Gasteiger partial charge in [0.15, 0.2) is 5.79 Å². The minimum Gasteiger partial charge on any atom is -0.390 e. The van der Waals surface area contributed by atoms with Crippen LogP contribution in [0.3, 0.4) is 0 Å². The van der Waals surface area contributed by atoms with E-state index in [9.17, 15) is 15.0 Å². The highest BCUT2D eigenvalue weighted by Crippen LogP contribution is 2.74. The van der Waals surface area contributed by atoms with Crippen LogP contribution in [0, 0.1) is 79.8 Å². The Morgan fingerprint density at radius 3 is 1.46 bits per heavy atom. The highest BCUT2D eigenvalue weighted by Gasteiger charge is 2.67. The second-order valence-corrected chi connectivity index (χ2v) is 27.0. The third-order valence-corrected chi connectivity index (χ3v) is 23.8. The number of halogens is 3. The summed E-state index contributed by atoms with van der Waals surface area (Å²) < 4.78 is 12.3. The van der Waals surface area contributed by atoms with E-state index in [1.165, 1.54) is 90.5 Å². The van der Waals surface area contributed by atoms with Gasteiger partial charge in [-0.15, -0.1) is 12.4 Å². The average molecular weight is 1130 g/mol. The zero-order valence-corrected chi connectivity index (χ0v) is 47.8. The van der Waals surface area contributed by atoms with Crippen molar-refractivity contribution in [1.29, 1.82) is 0 Å². The fourth-order valence-corrected chi connectivity index (χ4v) is 18.7. The number of ether oxygens (including phenoxy) is 2. The quantitative estimate of drug-likeness (QED) is 0.163. The van der Waals surface area contributed by atoms with Crippen molar-refractivity contribution in [1.82, 2.24) is 0 Å². The van der Waals surface area contributed by atoms with E-state index in [1.54, 1.807) is 0 Å². The van der Waals surface area contributed by atoms with Crippen molar-refractivity contribution in [2.45, 2.75) is 202 Å². The normalized spacial score (nSPS) is 48.6. The summed E-state index contributed by atoms with van der Waals surface area (Å²) in [6.07, 6.45) is 21.1. The second kappa shape index (κ2) is 21.0. The maximum Gasteiger partial charge on any atom is 0.169 e. The summed E-state index contributed by atoms with van der Waals surface area (Å²) in [6.45, 7) is 24.8. The predicted molar refractivity (Wildman–Crippen MR) is 299 cm³/mol. The monoisotopic (exact) mass is 1130 g/mol. The van der Waals surface area contributed by atoms with E-state index in [-0.39, 0.29) is 39.8 Å². The van der Waals surface area contributed by atoms with Gasteiger partial charge in [0.05, 0.1) is 24.4 Å². The number of hydrogen-bond acceptors (Lipinski definition) is 5. The van der Waals surface area contributed by atoms with Crippen molar-refractivity contribution in [2.75, 3.05) is 18.1 Å². The lowest BCUT2D eigenvalue weighted by molar-refractivity contribution is -0.227. The van der Waals surface area contributed by atoms with Gasteiger partial charge >= 0.3 is 0 Å². The molecule has 9 aliphatic rings. The van der Waals surface area contributed by atoms with Gasteiger partial charge in [0.1, 0.15) is 10.1 Å². The van der Waals surface area contributed by atoms with Crippen LogP contribution in [0.25, 0.3) is 0 Å². The first-order valence-corrected chi connectivity index (χ1v) is 29.1. The molecule has 2 N–H and O–H groups in total. The van der Waals surface area contributed by atoms with Crippen molar-refractivity contribution in [2.24, 2.45) is 79.8 Å². The van der Waals surface area contributed by atoms with Crippen molar-refractivity contribution in [3.8, 4) is 0 Å². The molecule has 65 heavy (non-hydrogen) atoms. The Kier molecular flexibility index (Phi) is 18.6. The molecule has 5 nitrogen and oxygen atoms in total. The molecule has 1 aliphatic heterocycles. The molecule has 0 aromatic heterocycles. The van der Waals surface area contributed by atoms with Crippen LogP contribution in [-0.2, 0) is 14.3 Å². The summed E-state index contributed by atoms with van der Waals surface area (Å²) in [5, 5.41) is 21.6. The third-order valence-electron chi connectivity index (χ3n) is 22.2.